The van der Waals surface area contributed by atoms with Gasteiger partial charge in [0.1, 0.15) is 5.82 Å². The van der Waals surface area contributed by atoms with E-state index in [2.05, 4.69) is 51.5 Å². The lowest BCUT2D eigenvalue weighted by Gasteiger charge is -2.14. The van der Waals surface area contributed by atoms with Gasteiger partial charge in [-0.2, -0.15) is 0 Å². The SMILES string of the molecule is CCN1C=CNC1=c1cc2[nH]c1=CC1=NC(=CC3=NC(=CC4=NC(=C2)C=C4)C=C3)C=C1. The Labute approximate surface area is 179 Å². The average Bonchev–Trinajstić information content (AvgIpc) is 3.56. The monoisotopic (exact) mass is 404 g/mol. The fraction of sp³-hybridized carbons (Fsp3) is 0.0800. The molecule has 5 aliphatic heterocycles. The van der Waals surface area contributed by atoms with Crippen molar-refractivity contribution in [3.05, 3.63) is 100 Å². The molecule has 0 atom stereocenters. The van der Waals surface area contributed by atoms with E-state index in [1.165, 1.54) is 0 Å². The maximum Gasteiger partial charge on any atom is 0.119 e. The molecule has 6 heterocycles. The maximum atomic E-state index is 4.76. The highest BCUT2D eigenvalue weighted by molar-refractivity contribution is 6.20. The van der Waals surface area contributed by atoms with Gasteiger partial charge in [-0.05, 0) is 73.8 Å². The summed E-state index contributed by atoms with van der Waals surface area (Å²) < 4.78 is 0. The zero-order chi connectivity index (χ0) is 20.8. The second kappa shape index (κ2) is 6.95. The molecule has 0 amide bonds. The van der Waals surface area contributed by atoms with Crippen LogP contribution in [0.4, 0.5) is 0 Å². The number of H-pyrrole nitrogens is 1. The Kier molecular flexibility index (Phi) is 3.96. The van der Waals surface area contributed by atoms with Gasteiger partial charge in [0, 0.05) is 29.9 Å². The number of rotatable bonds is 1. The molecule has 8 bridgehead atoms. The molecular weight excluding hydrogens is 384 g/mol. The molecule has 31 heavy (non-hydrogen) atoms. The molecule has 5 aliphatic rings. The summed E-state index contributed by atoms with van der Waals surface area (Å²) in [6, 6.07) is 2.15. The van der Waals surface area contributed by atoms with Crippen LogP contribution in [0.5, 0.6) is 0 Å². The molecule has 0 radical (unpaired) electrons. The quantitative estimate of drug-likeness (QED) is 0.755. The first-order valence-electron chi connectivity index (χ1n) is 10.3. The van der Waals surface area contributed by atoms with E-state index in [0.29, 0.717) is 0 Å². The molecule has 0 unspecified atom stereocenters. The van der Waals surface area contributed by atoms with Crippen molar-refractivity contribution in [1.29, 1.82) is 0 Å². The maximum absolute atomic E-state index is 4.76. The Bertz CT molecular complexity index is 1430. The Balaban J connectivity index is 1.58. The molecule has 0 spiro atoms. The van der Waals surface area contributed by atoms with Crippen molar-refractivity contribution >= 4 is 35.1 Å². The van der Waals surface area contributed by atoms with Gasteiger partial charge >= 0.3 is 0 Å². The van der Waals surface area contributed by atoms with Gasteiger partial charge in [-0.1, -0.05) is 0 Å². The van der Waals surface area contributed by atoms with E-state index < -0.39 is 0 Å². The van der Waals surface area contributed by atoms with E-state index in [1.807, 2.05) is 54.8 Å². The largest absolute Gasteiger partial charge is 0.355 e. The molecule has 0 saturated carbocycles. The van der Waals surface area contributed by atoms with E-state index in [-0.39, 0.29) is 0 Å². The van der Waals surface area contributed by atoms with Crippen LogP contribution >= 0.6 is 0 Å². The van der Waals surface area contributed by atoms with Gasteiger partial charge in [0.25, 0.3) is 0 Å². The number of aliphatic imine (C=N–C) groups is 3. The molecule has 6 rings (SSSR count). The Hall–Kier alpha value is -4.19. The first kappa shape index (κ1) is 17.7. The summed E-state index contributed by atoms with van der Waals surface area (Å²) in [4.78, 5) is 19.9. The van der Waals surface area contributed by atoms with E-state index in [1.54, 1.807) is 0 Å². The number of allylic oxidation sites excluding steroid dienone is 8. The minimum absolute atomic E-state index is 0.883. The lowest BCUT2D eigenvalue weighted by Crippen LogP contribution is -2.34. The van der Waals surface area contributed by atoms with Gasteiger partial charge in [-0.25, -0.2) is 15.0 Å². The number of aromatic amines is 1. The summed E-state index contributed by atoms with van der Waals surface area (Å²) in [6.07, 6.45) is 24.2. The number of nitrogens with zero attached hydrogens (tertiary/aromatic N) is 4. The van der Waals surface area contributed by atoms with Crippen LogP contribution in [0.1, 0.15) is 12.6 Å². The van der Waals surface area contributed by atoms with Crippen molar-refractivity contribution in [1.82, 2.24) is 15.2 Å². The lowest BCUT2D eigenvalue weighted by molar-refractivity contribution is 0.559. The topological polar surface area (TPSA) is 68.1 Å². The Morgan fingerprint density at radius 2 is 1.39 bits per heavy atom. The molecular formula is C25H20N6. The predicted octanol–water partition coefficient (Wildman–Crippen LogP) is 2.41. The third-order valence-corrected chi connectivity index (χ3v) is 5.46. The average molecular weight is 404 g/mol. The number of aromatic nitrogens is 1. The standard InChI is InChI=1S/C25H20N6/c1-2-31-10-9-26-25(31)23-14-22-13-20-6-5-18(28-20)11-16-3-4-17(27-16)12-19-7-8-21(29-19)15-24(23)30-22/h3-15,26,30H,2H2,1H3. The summed E-state index contributed by atoms with van der Waals surface area (Å²) in [6.45, 7) is 3.02. The second-order valence-corrected chi connectivity index (χ2v) is 7.61. The first-order chi connectivity index (χ1) is 15.2. The number of hydrogen-bond acceptors (Lipinski definition) is 5. The Morgan fingerprint density at radius 3 is 2.03 bits per heavy atom. The van der Waals surface area contributed by atoms with Crippen molar-refractivity contribution in [2.45, 2.75) is 6.92 Å². The van der Waals surface area contributed by atoms with Crippen LogP contribution in [-0.4, -0.2) is 33.6 Å². The van der Waals surface area contributed by atoms with Crippen molar-refractivity contribution < 1.29 is 0 Å². The van der Waals surface area contributed by atoms with E-state index in [0.717, 1.165) is 62.9 Å². The van der Waals surface area contributed by atoms with Gasteiger partial charge in [-0.15, -0.1) is 0 Å². The molecule has 1 aromatic heterocycles. The van der Waals surface area contributed by atoms with Crippen molar-refractivity contribution in [2.75, 3.05) is 6.54 Å². The van der Waals surface area contributed by atoms with Gasteiger partial charge in [-0.3, -0.25) is 0 Å². The van der Waals surface area contributed by atoms with Gasteiger partial charge in [0.15, 0.2) is 0 Å². The Morgan fingerprint density at radius 1 is 0.774 bits per heavy atom. The molecule has 1 aromatic rings. The van der Waals surface area contributed by atoms with Crippen LogP contribution in [-0.2, 0) is 0 Å². The third-order valence-electron chi connectivity index (χ3n) is 5.46. The normalized spacial score (nSPS) is 22.0. The molecule has 2 N–H and O–H groups in total. The fourth-order valence-electron chi connectivity index (χ4n) is 4.01. The number of fused-ring (bicyclic) bond motifs is 5. The molecule has 6 nitrogen and oxygen atoms in total. The smallest absolute Gasteiger partial charge is 0.119 e. The highest BCUT2D eigenvalue weighted by Gasteiger charge is 2.14. The summed E-state index contributed by atoms with van der Waals surface area (Å²) in [7, 11) is 0. The van der Waals surface area contributed by atoms with Crippen LogP contribution in [0.15, 0.2) is 99.1 Å². The highest BCUT2D eigenvalue weighted by atomic mass is 15.3. The van der Waals surface area contributed by atoms with E-state index >= 15 is 0 Å². The number of hydrogen-bond donors (Lipinski definition) is 2. The van der Waals surface area contributed by atoms with Gasteiger partial charge in [0.2, 0.25) is 0 Å². The molecule has 6 heteroatoms. The van der Waals surface area contributed by atoms with Crippen LogP contribution in [0.25, 0.3) is 18.0 Å². The highest BCUT2D eigenvalue weighted by Crippen LogP contribution is 2.18. The van der Waals surface area contributed by atoms with Gasteiger partial charge < -0.3 is 15.2 Å². The molecule has 150 valence electrons. The van der Waals surface area contributed by atoms with Crippen molar-refractivity contribution in [3.8, 4) is 0 Å². The molecule has 0 saturated heterocycles. The van der Waals surface area contributed by atoms with Crippen LogP contribution in [0.2, 0.25) is 0 Å². The number of nitrogens with one attached hydrogen (secondary N) is 2. The van der Waals surface area contributed by atoms with Crippen molar-refractivity contribution in [2.24, 2.45) is 15.0 Å². The third kappa shape index (κ3) is 3.28. The van der Waals surface area contributed by atoms with Gasteiger partial charge in [0.05, 0.1) is 39.6 Å². The predicted molar refractivity (Wildman–Crippen MR) is 126 cm³/mol. The lowest BCUT2D eigenvalue weighted by atomic mass is 10.2. The van der Waals surface area contributed by atoms with Crippen LogP contribution in [0, 0.1) is 0 Å². The fourth-order valence-corrected chi connectivity index (χ4v) is 4.01. The van der Waals surface area contributed by atoms with Crippen LogP contribution in [0.3, 0.4) is 0 Å². The van der Waals surface area contributed by atoms with Crippen LogP contribution < -0.4 is 15.9 Å². The summed E-state index contributed by atoms with van der Waals surface area (Å²) in [5.41, 5.74) is 6.35. The summed E-state index contributed by atoms with van der Waals surface area (Å²) in [5, 5.41) is 5.47. The van der Waals surface area contributed by atoms with E-state index in [9.17, 15) is 0 Å². The zero-order valence-electron chi connectivity index (χ0n) is 17.0. The minimum Gasteiger partial charge on any atom is -0.355 e. The minimum atomic E-state index is 0.883. The molecule has 0 aromatic carbocycles. The zero-order valence-corrected chi connectivity index (χ0v) is 17.0. The van der Waals surface area contributed by atoms with Crippen molar-refractivity contribution in [3.63, 3.8) is 0 Å². The van der Waals surface area contributed by atoms with E-state index in [4.69, 9.17) is 9.98 Å². The first-order valence-corrected chi connectivity index (χ1v) is 10.3. The molecule has 0 fully saturated rings. The summed E-state index contributed by atoms with van der Waals surface area (Å²) in [5.74, 6) is 1.05. The second-order valence-electron chi connectivity index (χ2n) is 7.61. The molecule has 0 aliphatic carbocycles. The summed E-state index contributed by atoms with van der Waals surface area (Å²) >= 11 is 0.